The molecule has 3 N–H and O–H groups in total. The monoisotopic (exact) mass is 192 g/mol. The van der Waals surface area contributed by atoms with Crippen LogP contribution in [0.4, 0.5) is 5.82 Å². The lowest BCUT2D eigenvalue weighted by molar-refractivity contribution is 0.175. The van der Waals surface area contributed by atoms with Crippen LogP contribution in [0, 0.1) is 0 Å². The molecule has 0 radical (unpaired) electrons. The number of aliphatic hydroxyl groups excluding tert-OH is 1. The quantitative estimate of drug-likeness (QED) is 0.708. The Morgan fingerprint density at radius 1 is 1.64 bits per heavy atom. The number of anilines is 1. The summed E-state index contributed by atoms with van der Waals surface area (Å²) in [6.07, 6.45) is 4.17. The largest absolute Gasteiger partial charge is 0.393 e. The van der Waals surface area contributed by atoms with Gasteiger partial charge in [-0.15, -0.1) is 0 Å². The van der Waals surface area contributed by atoms with Crippen LogP contribution in [0.15, 0.2) is 18.3 Å². The summed E-state index contributed by atoms with van der Waals surface area (Å²) in [5, 5.41) is 9.56. The van der Waals surface area contributed by atoms with E-state index in [0.717, 1.165) is 24.8 Å². The van der Waals surface area contributed by atoms with E-state index in [4.69, 9.17) is 5.73 Å². The lowest BCUT2D eigenvalue weighted by Crippen LogP contribution is -2.21. The Morgan fingerprint density at radius 3 is 3.00 bits per heavy atom. The van der Waals surface area contributed by atoms with Crippen LogP contribution in [0.2, 0.25) is 0 Å². The van der Waals surface area contributed by atoms with Crippen molar-refractivity contribution in [2.24, 2.45) is 0 Å². The minimum Gasteiger partial charge on any atom is -0.393 e. The SMILES string of the molecule is CC1(c2cccnc2N)CCC(O)C1. The molecule has 0 aromatic carbocycles. The topological polar surface area (TPSA) is 59.1 Å². The molecule has 14 heavy (non-hydrogen) atoms. The van der Waals surface area contributed by atoms with E-state index in [2.05, 4.69) is 11.9 Å². The maximum atomic E-state index is 9.56. The zero-order chi connectivity index (χ0) is 10.2. The fraction of sp³-hybridized carbons (Fsp3) is 0.545. The van der Waals surface area contributed by atoms with Gasteiger partial charge in [-0.3, -0.25) is 0 Å². The molecule has 2 atom stereocenters. The van der Waals surface area contributed by atoms with Crippen LogP contribution in [0.1, 0.15) is 31.7 Å². The smallest absolute Gasteiger partial charge is 0.127 e. The van der Waals surface area contributed by atoms with Crippen LogP contribution in [0.5, 0.6) is 0 Å². The summed E-state index contributed by atoms with van der Waals surface area (Å²) in [6.45, 7) is 2.15. The number of aromatic nitrogens is 1. The lowest BCUT2D eigenvalue weighted by Gasteiger charge is -2.24. The van der Waals surface area contributed by atoms with Crippen molar-refractivity contribution in [3.63, 3.8) is 0 Å². The Kier molecular flexibility index (Phi) is 2.19. The van der Waals surface area contributed by atoms with Crippen molar-refractivity contribution in [3.8, 4) is 0 Å². The average Bonchev–Trinajstić information content (AvgIpc) is 2.48. The van der Waals surface area contributed by atoms with Crippen LogP contribution in [-0.4, -0.2) is 16.2 Å². The van der Waals surface area contributed by atoms with Gasteiger partial charge in [0.25, 0.3) is 0 Å². The third kappa shape index (κ3) is 1.48. The average molecular weight is 192 g/mol. The van der Waals surface area contributed by atoms with Gasteiger partial charge in [0.1, 0.15) is 5.82 Å². The van der Waals surface area contributed by atoms with E-state index in [-0.39, 0.29) is 11.5 Å². The van der Waals surface area contributed by atoms with Crippen molar-refractivity contribution in [1.82, 2.24) is 4.98 Å². The number of hydrogen-bond acceptors (Lipinski definition) is 3. The Bertz CT molecular complexity index is 340. The minimum absolute atomic E-state index is 0.0117. The maximum absolute atomic E-state index is 9.56. The third-order valence-corrected chi connectivity index (χ3v) is 3.20. The highest BCUT2D eigenvalue weighted by atomic mass is 16.3. The number of pyridine rings is 1. The Balaban J connectivity index is 2.35. The van der Waals surface area contributed by atoms with Crippen LogP contribution >= 0.6 is 0 Å². The Labute approximate surface area is 84.0 Å². The number of rotatable bonds is 1. The Morgan fingerprint density at radius 2 is 2.43 bits per heavy atom. The molecule has 1 aromatic heterocycles. The molecule has 1 fully saturated rings. The van der Waals surface area contributed by atoms with Crippen molar-refractivity contribution in [2.75, 3.05) is 5.73 Å². The number of nitrogens with zero attached hydrogens (tertiary/aromatic N) is 1. The molecule has 0 bridgehead atoms. The van der Waals surface area contributed by atoms with E-state index in [0.29, 0.717) is 5.82 Å². The van der Waals surface area contributed by atoms with Crippen molar-refractivity contribution >= 4 is 5.82 Å². The fourth-order valence-corrected chi connectivity index (χ4v) is 2.38. The minimum atomic E-state index is -0.181. The standard InChI is InChI=1S/C11H16N2O/c1-11(5-4-8(14)7-11)9-3-2-6-13-10(9)12/h2-3,6,8,14H,4-5,7H2,1H3,(H2,12,13). The molecule has 0 amide bonds. The van der Waals surface area contributed by atoms with Gasteiger partial charge in [-0.1, -0.05) is 13.0 Å². The van der Waals surface area contributed by atoms with Crippen LogP contribution < -0.4 is 5.73 Å². The molecule has 1 heterocycles. The number of nitrogen functional groups attached to an aromatic ring is 1. The first-order valence-corrected chi connectivity index (χ1v) is 5.01. The predicted molar refractivity (Wildman–Crippen MR) is 55.9 cm³/mol. The van der Waals surface area contributed by atoms with Gasteiger partial charge < -0.3 is 10.8 Å². The van der Waals surface area contributed by atoms with Crippen molar-refractivity contribution < 1.29 is 5.11 Å². The molecule has 1 aliphatic carbocycles. The molecule has 0 saturated heterocycles. The summed E-state index contributed by atoms with van der Waals surface area (Å²) in [4.78, 5) is 4.09. The highest BCUT2D eigenvalue weighted by Gasteiger charge is 2.37. The van der Waals surface area contributed by atoms with Gasteiger partial charge in [0.15, 0.2) is 0 Å². The molecule has 1 aliphatic rings. The predicted octanol–water partition coefficient (Wildman–Crippen LogP) is 1.47. The van der Waals surface area contributed by atoms with E-state index in [1.807, 2.05) is 12.1 Å². The van der Waals surface area contributed by atoms with Gasteiger partial charge in [0, 0.05) is 11.8 Å². The van der Waals surface area contributed by atoms with Crippen molar-refractivity contribution in [3.05, 3.63) is 23.9 Å². The number of aliphatic hydroxyl groups is 1. The summed E-state index contributed by atoms with van der Waals surface area (Å²) in [5.41, 5.74) is 6.93. The second-order valence-electron chi connectivity index (χ2n) is 4.39. The molecular formula is C11H16N2O. The number of nitrogens with two attached hydrogens (primary N) is 1. The zero-order valence-electron chi connectivity index (χ0n) is 8.40. The maximum Gasteiger partial charge on any atom is 0.127 e. The number of hydrogen-bond donors (Lipinski definition) is 2. The van der Waals surface area contributed by atoms with E-state index < -0.39 is 0 Å². The van der Waals surface area contributed by atoms with E-state index in [9.17, 15) is 5.11 Å². The van der Waals surface area contributed by atoms with E-state index in [1.165, 1.54) is 0 Å². The molecule has 76 valence electrons. The van der Waals surface area contributed by atoms with Gasteiger partial charge in [-0.25, -0.2) is 4.98 Å². The summed E-state index contributed by atoms with van der Waals surface area (Å²) >= 11 is 0. The van der Waals surface area contributed by atoms with Gasteiger partial charge >= 0.3 is 0 Å². The molecular weight excluding hydrogens is 176 g/mol. The summed E-state index contributed by atoms with van der Waals surface area (Å²) in [6, 6.07) is 3.92. The molecule has 0 aliphatic heterocycles. The molecule has 3 heteroatoms. The first kappa shape index (κ1) is 9.46. The fourth-order valence-electron chi connectivity index (χ4n) is 2.38. The molecule has 1 aromatic rings. The van der Waals surface area contributed by atoms with Crippen LogP contribution in [-0.2, 0) is 5.41 Å². The second-order valence-corrected chi connectivity index (χ2v) is 4.39. The normalized spacial score (nSPS) is 32.0. The molecule has 0 spiro atoms. The molecule has 2 unspecified atom stereocenters. The highest BCUT2D eigenvalue weighted by Crippen LogP contribution is 2.42. The Hall–Kier alpha value is -1.09. The first-order valence-electron chi connectivity index (χ1n) is 5.01. The zero-order valence-corrected chi connectivity index (χ0v) is 8.40. The third-order valence-electron chi connectivity index (χ3n) is 3.20. The van der Waals surface area contributed by atoms with Crippen LogP contribution in [0.3, 0.4) is 0 Å². The van der Waals surface area contributed by atoms with Gasteiger partial charge in [0.2, 0.25) is 0 Å². The van der Waals surface area contributed by atoms with Gasteiger partial charge in [-0.05, 0) is 30.7 Å². The second kappa shape index (κ2) is 3.24. The van der Waals surface area contributed by atoms with Gasteiger partial charge in [-0.2, -0.15) is 0 Å². The van der Waals surface area contributed by atoms with E-state index in [1.54, 1.807) is 6.20 Å². The molecule has 3 nitrogen and oxygen atoms in total. The molecule has 2 rings (SSSR count). The first-order chi connectivity index (χ1) is 6.62. The lowest BCUT2D eigenvalue weighted by atomic mass is 9.81. The van der Waals surface area contributed by atoms with E-state index >= 15 is 0 Å². The van der Waals surface area contributed by atoms with Crippen molar-refractivity contribution in [1.29, 1.82) is 0 Å². The van der Waals surface area contributed by atoms with Crippen molar-refractivity contribution in [2.45, 2.75) is 37.7 Å². The summed E-state index contributed by atoms with van der Waals surface area (Å²) in [5.74, 6) is 0.601. The van der Waals surface area contributed by atoms with Crippen LogP contribution in [0.25, 0.3) is 0 Å². The highest BCUT2D eigenvalue weighted by molar-refractivity contribution is 5.44. The summed E-state index contributed by atoms with van der Waals surface area (Å²) < 4.78 is 0. The summed E-state index contributed by atoms with van der Waals surface area (Å²) in [7, 11) is 0. The van der Waals surface area contributed by atoms with Gasteiger partial charge in [0.05, 0.1) is 6.10 Å². The molecule has 1 saturated carbocycles.